The van der Waals surface area contributed by atoms with Crippen molar-refractivity contribution in [1.29, 1.82) is 0 Å². The second kappa shape index (κ2) is 7.79. The van der Waals surface area contributed by atoms with Crippen molar-refractivity contribution in [1.82, 2.24) is 0 Å². The van der Waals surface area contributed by atoms with Gasteiger partial charge in [0.15, 0.2) is 11.5 Å². The monoisotopic (exact) mass is 434 g/mol. The maximum Gasteiger partial charge on any atom is 0.204 e. The molecular formula is C26H26O6. The van der Waals surface area contributed by atoms with Crippen LogP contribution in [0.5, 0.6) is 23.0 Å². The van der Waals surface area contributed by atoms with Gasteiger partial charge in [0.05, 0.1) is 18.2 Å². The first-order valence-corrected chi connectivity index (χ1v) is 10.3. The molecule has 0 unspecified atom stereocenters. The summed E-state index contributed by atoms with van der Waals surface area (Å²) in [4.78, 5) is 13.5. The van der Waals surface area contributed by atoms with Gasteiger partial charge in [-0.1, -0.05) is 17.7 Å². The van der Waals surface area contributed by atoms with E-state index in [1.54, 1.807) is 18.2 Å². The van der Waals surface area contributed by atoms with Crippen molar-refractivity contribution in [2.24, 2.45) is 0 Å². The predicted octanol–water partition coefficient (Wildman–Crippen LogP) is 5.57. The molecule has 2 heterocycles. The van der Waals surface area contributed by atoms with Crippen molar-refractivity contribution in [2.45, 2.75) is 39.7 Å². The Morgan fingerprint density at radius 1 is 1.22 bits per heavy atom. The van der Waals surface area contributed by atoms with Gasteiger partial charge in [0.2, 0.25) is 5.43 Å². The molecule has 0 saturated carbocycles. The molecule has 2 aromatic carbocycles. The van der Waals surface area contributed by atoms with Crippen molar-refractivity contribution in [3.63, 3.8) is 0 Å². The summed E-state index contributed by atoms with van der Waals surface area (Å²) < 4.78 is 17.3. The molecule has 32 heavy (non-hydrogen) atoms. The Morgan fingerprint density at radius 2 is 1.97 bits per heavy atom. The van der Waals surface area contributed by atoms with Crippen LogP contribution in [0.15, 0.2) is 51.4 Å². The zero-order valence-electron chi connectivity index (χ0n) is 18.8. The molecule has 0 aliphatic carbocycles. The van der Waals surface area contributed by atoms with Gasteiger partial charge < -0.3 is 24.1 Å². The van der Waals surface area contributed by atoms with Gasteiger partial charge in [0, 0.05) is 5.56 Å². The summed E-state index contributed by atoms with van der Waals surface area (Å²) in [5, 5.41) is 21.1. The zero-order valence-corrected chi connectivity index (χ0v) is 18.8. The lowest BCUT2D eigenvalue weighted by Gasteiger charge is -2.30. The molecule has 6 heteroatoms. The number of ether oxygens (including phenoxy) is 2. The summed E-state index contributed by atoms with van der Waals surface area (Å²) in [6, 6.07) is 4.60. The summed E-state index contributed by atoms with van der Waals surface area (Å²) in [7, 11) is 1.43. The fourth-order valence-electron chi connectivity index (χ4n) is 3.80. The molecule has 1 aliphatic heterocycles. The van der Waals surface area contributed by atoms with Crippen LogP contribution in [0.25, 0.3) is 28.2 Å². The van der Waals surface area contributed by atoms with Crippen molar-refractivity contribution >= 4 is 17.0 Å². The number of phenols is 2. The van der Waals surface area contributed by atoms with Crippen LogP contribution in [-0.4, -0.2) is 22.9 Å². The zero-order chi connectivity index (χ0) is 23.2. The smallest absolute Gasteiger partial charge is 0.204 e. The number of fused-ring (bicyclic) bond motifs is 2. The Bertz CT molecular complexity index is 1340. The highest BCUT2D eigenvalue weighted by atomic mass is 16.5. The third-order valence-corrected chi connectivity index (χ3v) is 5.50. The topological polar surface area (TPSA) is 89.1 Å². The van der Waals surface area contributed by atoms with E-state index in [1.807, 2.05) is 39.8 Å². The lowest BCUT2D eigenvalue weighted by molar-refractivity contribution is 0.157. The minimum absolute atomic E-state index is 0.0350. The number of hydrogen-bond acceptors (Lipinski definition) is 6. The summed E-state index contributed by atoms with van der Waals surface area (Å²) in [6.07, 6.45) is 7.52. The quantitative estimate of drug-likeness (QED) is 0.522. The van der Waals surface area contributed by atoms with Gasteiger partial charge in [-0.25, -0.2) is 0 Å². The van der Waals surface area contributed by atoms with E-state index in [2.05, 4.69) is 0 Å². The minimum atomic E-state index is -0.560. The Hall–Kier alpha value is -3.67. The first kappa shape index (κ1) is 21.6. The highest BCUT2D eigenvalue weighted by Crippen LogP contribution is 2.45. The first-order valence-electron chi connectivity index (χ1n) is 10.3. The summed E-state index contributed by atoms with van der Waals surface area (Å²) in [5.74, 6) is 0.540. The Labute approximate surface area is 186 Å². The average molecular weight is 434 g/mol. The fraction of sp³-hybridized carbons (Fsp3) is 0.269. The highest BCUT2D eigenvalue weighted by molar-refractivity contribution is 5.96. The fourth-order valence-corrected chi connectivity index (χ4v) is 3.80. The molecule has 1 aliphatic rings. The Morgan fingerprint density at radius 3 is 2.66 bits per heavy atom. The average Bonchev–Trinajstić information content (AvgIpc) is 2.73. The summed E-state index contributed by atoms with van der Waals surface area (Å²) in [6.45, 7) is 7.84. The van der Waals surface area contributed by atoms with E-state index in [0.717, 1.165) is 5.57 Å². The molecular weight excluding hydrogens is 408 g/mol. The second-order valence-corrected chi connectivity index (χ2v) is 8.66. The van der Waals surface area contributed by atoms with Crippen LogP contribution in [-0.2, 0) is 6.42 Å². The number of phenolic OH excluding ortho intramolecular Hbond substituents is 2. The molecule has 0 atom stereocenters. The molecule has 0 spiro atoms. The molecule has 1 aromatic heterocycles. The molecule has 2 N–H and O–H groups in total. The molecule has 6 nitrogen and oxygen atoms in total. The predicted molar refractivity (Wildman–Crippen MR) is 125 cm³/mol. The highest BCUT2D eigenvalue weighted by Gasteiger charge is 2.30. The number of methoxy groups -OCH3 is 1. The van der Waals surface area contributed by atoms with Crippen LogP contribution in [0.1, 0.15) is 38.8 Å². The number of allylic oxidation sites excluding steroid dienone is 2. The molecule has 0 saturated heterocycles. The van der Waals surface area contributed by atoms with Crippen LogP contribution in [0, 0.1) is 0 Å². The molecule has 0 bridgehead atoms. The van der Waals surface area contributed by atoms with Gasteiger partial charge >= 0.3 is 0 Å². The van der Waals surface area contributed by atoms with E-state index < -0.39 is 5.60 Å². The van der Waals surface area contributed by atoms with Gasteiger partial charge in [-0.2, -0.15) is 0 Å². The van der Waals surface area contributed by atoms with E-state index in [9.17, 15) is 15.0 Å². The van der Waals surface area contributed by atoms with Crippen LogP contribution in [0.4, 0.5) is 0 Å². The van der Waals surface area contributed by atoms with Crippen molar-refractivity contribution < 1.29 is 24.1 Å². The maximum absolute atomic E-state index is 13.5. The van der Waals surface area contributed by atoms with Gasteiger partial charge in [0.25, 0.3) is 0 Å². The Kier molecular flexibility index (Phi) is 5.25. The van der Waals surface area contributed by atoms with Crippen molar-refractivity contribution in [2.75, 3.05) is 7.11 Å². The van der Waals surface area contributed by atoms with E-state index in [1.165, 1.54) is 19.4 Å². The van der Waals surface area contributed by atoms with E-state index in [-0.39, 0.29) is 33.6 Å². The first-order chi connectivity index (χ1) is 15.1. The lowest BCUT2D eigenvalue weighted by Crippen LogP contribution is -2.28. The van der Waals surface area contributed by atoms with Crippen LogP contribution in [0.3, 0.4) is 0 Å². The largest absolute Gasteiger partial charge is 0.506 e. The summed E-state index contributed by atoms with van der Waals surface area (Å²) in [5.41, 5.74) is 2.39. The lowest BCUT2D eigenvalue weighted by atomic mass is 9.93. The van der Waals surface area contributed by atoms with Crippen molar-refractivity contribution in [3.8, 4) is 34.1 Å². The number of aromatic hydroxyl groups is 2. The minimum Gasteiger partial charge on any atom is -0.506 e. The second-order valence-electron chi connectivity index (χ2n) is 8.66. The third kappa shape index (κ3) is 3.62. The van der Waals surface area contributed by atoms with E-state index >= 15 is 0 Å². The number of rotatable bonds is 4. The Balaban J connectivity index is 2.04. The number of hydrogen-bond donors (Lipinski definition) is 2. The summed E-state index contributed by atoms with van der Waals surface area (Å²) >= 11 is 0. The standard InChI is InChI=1S/C26H26O6/c1-14(2)6-8-17-24-16(10-11-26(3,4)32-24)22(28)21-23(29)18(13-31-25(17)21)15-7-9-19(27)20(12-15)30-5/h6-7,9-13,27-28H,8H2,1-5H3. The van der Waals surface area contributed by atoms with Crippen LogP contribution < -0.4 is 14.9 Å². The van der Waals surface area contributed by atoms with Crippen molar-refractivity contribution in [3.05, 3.63) is 63.5 Å². The van der Waals surface area contributed by atoms with Gasteiger partial charge in [-0.15, -0.1) is 0 Å². The van der Waals surface area contributed by atoms with Crippen LogP contribution in [0.2, 0.25) is 0 Å². The third-order valence-electron chi connectivity index (χ3n) is 5.50. The molecule has 0 radical (unpaired) electrons. The molecule has 0 fully saturated rings. The van der Waals surface area contributed by atoms with E-state index in [0.29, 0.717) is 34.4 Å². The number of benzene rings is 2. The van der Waals surface area contributed by atoms with Crippen LogP contribution >= 0.6 is 0 Å². The molecule has 0 amide bonds. The van der Waals surface area contributed by atoms with Gasteiger partial charge in [0.1, 0.15) is 34.3 Å². The maximum atomic E-state index is 13.5. The molecule has 4 rings (SSSR count). The van der Waals surface area contributed by atoms with E-state index in [4.69, 9.17) is 13.9 Å². The van der Waals surface area contributed by atoms with Gasteiger partial charge in [-0.05, 0) is 64.0 Å². The molecule has 166 valence electrons. The van der Waals surface area contributed by atoms with Gasteiger partial charge in [-0.3, -0.25) is 4.79 Å². The molecule has 3 aromatic rings. The SMILES string of the molecule is COc1cc(-c2coc3c(CC=C(C)C)c4c(c(O)c3c2=O)C=CC(C)(C)O4)ccc1O. The normalized spacial score (nSPS) is 14.0.